The highest BCUT2D eigenvalue weighted by Gasteiger charge is 2.41. The molecule has 0 fully saturated rings. The van der Waals surface area contributed by atoms with Crippen molar-refractivity contribution in [1.82, 2.24) is 0 Å². The molecule has 1 heterocycles. The number of nitrogens with one attached hydrogen (secondary N) is 1. The zero-order valence-corrected chi connectivity index (χ0v) is 23.4. The molecular weight excluding hydrogens is 548 g/mol. The molecule has 3 unspecified atom stereocenters. The molecule has 1 aliphatic carbocycles. The maximum atomic E-state index is 13.4. The lowest BCUT2D eigenvalue weighted by molar-refractivity contribution is -0.385. The minimum absolute atomic E-state index is 0.0381. The van der Waals surface area contributed by atoms with E-state index in [-0.39, 0.29) is 23.9 Å². The molecule has 0 aromatic heterocycles. The van der Waals surface area contributed by atoms with Gasteiger partial charge >= 0.3 is 0 Å². The van der Waals surface area contributed by atoms with E-state index < -0.39 is 16.8 Å². The van der Waals surface area contributed by atoms with Gasteiger partial charge in [-0.1, -0.05) is 31.5 Å². The molecule has 0 saturated heterocycles. The van der Waals surface area contributed by atoms with Crippen LogP contribution in [0.4, 0.5) is 11.4 Å². The lowest BCUT2D eigenvalue weighted by atomic mass is 9.70. The minimum Gasteiger partial charge on any atom is -0.492 e. The van der Waals surface area contributed by atoms with E-state index in [1.165, 1.54) is 6.07 Å². The molecular formula is C29H31BrN4O4. The summed E-state index contributed by atoms with van der Waals surface area (Å²) >= 11 is 3.66. The molecule has 2 aliphatic rings. The van der Waals surface area contributed by atoms with Crippen LogP contribution in [0.15, 0.2) is 57.1 Å². The molecule has 4 rings (SSSR count). The Balaban J connectivity index is 1.74. The number of carbonyl (C=O) groups excluding carboxylic acids is 1. The van der Waals surface area contributed by atoms with Crippen LogP contribution in [0.2, 0.25) is 0 Å². The van der Waals surface area contributed by atoms with Crippen LogP contribution in [0.1, 0.15) is 63.5 Å². The van der Waals surface area contributed by atoms with Gasteiger partial charge in [-0.05, 0) is 66.2 Å². The second-order valence-corrected chi connectivity index (χ2v) is 10.6. The van der Waals surface area contributed by atoms with Gasteiger partial charge in [0.1, 0.15) is 5.75 Å². The second kappa shape index (κ2) is 11.9. The number of rotatable bonds is 9. The van der Waals surface area contributed by atoms with E-state index in [1.54, 1.807) is 18.2 Å². The number of Topliss-reactive ketones (excluding diaryl/α,β-unsaturated/α-hetero) is 1. The maximum Gasteiger partial charge on any atom is 0.274 e. The Morgan fingerprint density at radius 2 is 2.03 bits per heavy atom. The highest BCUT2D eigenvalue weighted by Crippen LogP contribution is 2.47. The van der Waals surface area contributed by atoms with Crippen molar-refractivity contribution in [3.05, 3.63) is 73.4 Å². The SMILES string of the molecule is CCCC1CC(=O)C2=C(C1)N=C(C)C(C#N)C2c1cc(Br)c(NCc2ccccc2[N+](=O)[O-])c(OCC)c1. The zero-order valence-electron chi connectivity index (χ0n) is 21.8. The number of nitro benzene ring substituents is 1. The predicted octanol–water partition coefficient (Wildman–Crippen LogP) is 7.10. The summed E-state index contributed by atoms with van der Waals surface area (Å²) in [5.41, 5.74) is 4.20. The number of nitro groups is 1. The predicted molar refractivity (Wildman–Crippen MR) is 150 cm³/mol. The molecule has 0 radical (unpaired) electrons. The summed E-state index contributed by atoms with van der Waals surface area (Å²) in [4.78, 5) is 29.2. The van der Waals surface area contributed by atoms with E-state index >= 15 is 0 Å². The van der Waals surface area contributed by atoms with E-state index in [0.29, 0.717) is 45.8 Å². The molecule has 0 bridgehead atoms. The summed E-state index contributed by atoms with van der Waals surface area (Å²) in [6.45, 7) is 6.48. The third-order valence-corrected chi connectivity index (χ3v) is 7.81. The van der Waals surface area contributed by atoms with Crippen molar-refractivity contribution in [2.45, 2.75) is 58.9 Å². The smallest absolute Gasteiger partial charge is 0.274 e. The summed E-state index contributed by atoms with van der Waals surface area (Å²) in [7, 11) is 0. The fourth-order valence-corrected chi connectivity index (χ4v) is 6.12. The van der Waals surface area contributed by atoms with E-state index in [2.05, 4.69) is 34.2 Å². The average Bonchev–Trinajstić information content (AvgIpc) is 2.87. The molecule has 0 spiro atoms. The largest absolute Gasteiger partial charge is 0.492 e. The number of ether oxygens (including phenoxy) is 1. The fourth-order valence-electron chi connectivity index (χ4n) is 5.52. The number of halogens is 1. The minimum atomic E-state index is -0.562. The van der Waals surface area contributed by atoms with Gasteiger partial charge < -0.3 is 10.1 Å². The Morgan fingerprint density at radius 1 is 1.26 bits per heavy atom. The number of hydrogen-bond acceptors (Lipinski definition) is 7. The quantitative estimate of drug-likeness (QED) is 0.250. The number of carbonyl (C=O) groups is 1. The highest BCUT2D eigenvalue weighted by atomic mass is 79.9. The fraction of sp³-hybridized carbons (Fsp3) is 0.414. The molecule has 0 saturated carbocycles. The van der Waals surface area contributed by atoms with Crippen LogP contribution in [-0.4, -0.2) is 23.0 Å². The number of nitriles is 1. The first-order chi connectivity index (χ1) is 18.3. The number of para-hydroxylation sites is 1. The molecule has 3 atom stereocenters. The molecule has 1 aliphatic heterocycles. The van der Waals surface area contributed by atoms with Crippen molar-refractivity contribution >= 4 is 38.8 Å². The standard InChI is InChI=1S/C29H31BrN4O4/c1-4-8-18-11-23-28(25(35)12-18)27(21(15-31)17(3)33-23)20-13-22(30)29(26(14-20)38-5-2)32-16-19-9-6-7-10-24(19)34(36)37/h6-7,9-10,13-14,18,21,27,32H,4-5,8,11-12,16H2,1-3H3. The third kappa shape index (κ3) is 5.51. The van der Waals surface area contributed by atoms with E-state index in [0.717, 1.165) is 30.5 Å². The van der Waals surface area contributed by atoms with Gasteiger partial charge in [-0.15, -0.1) is 0 Å². The molecule has 1 N–H and O–H groups in total. The molecule has 8 nitrogen and oxygen atoms in total. The van der Waals surface area contributed by atoms with E-state index in [1.807, 2.05) is 26.0 Å². The lowest BCUT2D eigenvalue weighted by Crippen LogP contribution is -2.32. The zero-order chi connectivity index (χ0) is 27.4. The summed E-state index contributed by atoms with van der Waals surface area (Å²) in [5.74, 6) is -0.114. The van der Waals surface area contributed by atoms with Crippen LogP contribution in [0, 0.1) is 33.3 Å². The summed E-state index contributed by atoms with van der Waals surface area (Å²) in [5, 5.41) is 24.8. The van der Waals surface area contributed by atoms with Gasteiger partial charge in [0.2, 0.25) is 0 Å². The molecule has 38 heavy (non-hydrogen) atoms. The number of allylic oxidation sites excluding steroid dienone is 2. The molecule has 198 valence electrons. The van der Waals surface area contributed by atoms with Crippen molar-refractivity contribution in [2.75, 3.05) is 11.9 Å². The number of benzene rings is 2. The highest BCUT2D eigenvalue weighted by molar-refractivity contribution is 9.10. The summed E-state index contributed by atoms with van der Waals surface area (Å²) in [6, 6.07) is 12.8. The van der Waals surface area contributed by atoms with Gasteiger partial charge in [-0.2, -0.15) is 5.26 Å². The van der Waals surface area contributed by atoms with Crippen molar-refractivity contribution in [2.24, 2.45) is 16.8 Å². The monoisotopic (exact) mass is 578 g/mol. The Hall–Kier alpha value is -3.51. The normalized spacial score (nSPS) is 20.9. The van der Waals surface area contributed by atoms with Crippen LogP contribution < -0.4 is 10.1 Å². The first-order valence-corrected chi connectivity index (χ1v) is 13.7. The van der Waals surface area contributed by atoms with Crippen LogP contribution in [0.5, 0.6) is 5.75 Å². The summed E-state index contributed by atoms with van der Waals surface area (Å²) < 4.78 is 6.67. The van der Waals surface area contributed by atoms with Gasteiger partial charge in [-0.3, -0.25) is 19.9 Å². The molecule has 2 aromatic carbocycles. The van der Waals surface area contributed by atoms with Crippen molar-refractivity contribution < 1.29 is 14.5 Å². The van der Waals surface area contributed by atoms with Crippen molar-refractivity contribution in [1.29, 1.82) is 5.26 Å². The van der Waals surface area contributed by atoms with Crippen LogP contribution in [0.25, 0.3) is 0 Å². The molecule has 0 amide bonds. The number of ketones is 1. The Kier molecular flexibility index (Phi) is 8.62. The van der Waals surface area contributed by atoms with E-state index in [4.69, 9.17) is 9.73 Å². The van der Waals surface area contributed by atoms with Gasteiger partial charge in [0.15, 0.2) is 5.78 Å². The average molecular weight is 579 g/mol. The van der Waals surface area contributed by atoms with Gasteiger partial charge in [0.05, 0.1) is 29.2 Å². The third-order valence-electron chi connectivity index (χ3n) is 7.19. The Bertz CT molecular complexity index is 1360. The van der Waals surface area contributed by atoms with Crippen LogP contribution in [-0.2, 0) is 11.3 Å². The van der Waals surface area contributed by atoms with Gasteiger partial charge in [0.25, 0.3) is 5.69 Å². The topological polar surface area (TPSA) is 118 Å². The molecule has 2 aromatic rings. The number of anilines is 1. The van der Waals surface area contributed by atoms with Crippen LogP contribution in [0.3, 0.4) is 0 Å². The van der Waals surface area contributed by atoms with Crippen molar-refractivity contribution in [3.8, 4) is 11.8 Å². The first-order valence-electron chi connectivity index (χ1n) is 12.9. The van der Waals surface area contributed by atoms with Gasteiger partial charge in [-0.25, -0.2) is 0 Å². The van der Waals surface area contributed by atoms with Gasteiger partial charge in [0, 0.05) is 52.0 Å². The maximum absolute atomic E-state index is 13.4. The Labute approximate surface area is 231 Å². The number of nitrogens with zero attached hydrogens (tertiary/aromatic N) is 3. The second-order valence-electron chi connectivity index (χ2n) is 9.73. The summed E-state index contributed by atoms with van der Waals surface area (Å²) in [6.07, 6.45) is 3.21. The molecule has 9 heteroatoms. The lowest BCUT2D eigenvalue weighted by Gasteiger charge is -2.35. The van der Waals surface area contributed by atoms with Crippen LogP contribution >= 0.6 is 15.9 Å². The number of aliphatic imine (C=N–C) groups is 1. The number of hydrogen-bond donors (Lipinski definition) is 1. The van der Waals surface area contributed by atoms with E-state index in [9.17, 15) is 20.2 Å². The van der Waals surface area contributed by atoms with Crippen molar-refractivity contribution in [3.63, 3.8) is 0 Å². The first kappa shape index (κ1) is 27.5. The Morgan fingerprint density at radius 3 is 2.71 bits per heavy atom.